The van der Waals surface area contributed by atoms with Crippen LogP contribution in [0.1, 0.15) is 39.0 Å². The predicted molar refractivity (Wildman–Crippen MR) is 82.2 cm³/mol. The van der Waals surface area contributed by atoms with Crippen LogP contribution in [0.25, 0.3) is 0 Å². The van der Waals surface area contributed by atoms with Gasteiger partial charge >= 0.3 is 0 Å². The third kappa shape index (κ3) is 3.65. The van der Waals surface area contributed by atoms with Gasteiger partial charge in [0.15, 0.2) is 0 Å². The molecule has 1 aromatic carbocycles. The van der Waals surface area contributed by atoms with Crippen molar-refractivity contribution in [3.05, 3.63) is 23.2 Å². The normalized spacial score (nSPS) is 23.7. The van der Waals surface area contributed by atoms with Crippen LogP contribution in [-0.2, 0) is 10.0 Å². The van der Waals surface area contributed by atoms with E-state index in [0.29, 0.717) is 5.69 Å². The maximum absolute atomic E-state index is 12.4. The summed E-state index contributed by atoms with van der Waals surface area (Å²) in [5.74, 6) is 0.728. The molecule has 6 heteroatoms. The summed E-state index contributed by atoms with van der Waals surface area (Å²) in [6, 6.07) is 4.51. The molecule has 0 heterocycles. The Morgan fingerprint density at radius 2 is 1.95 bits per heavy atom. The first-order valence-electron chi connectivity index (χ1n) is 6.99. The van der Waals surface area contributed by atoms with Crippen molar-refractivity contribution < 1.29 is 8.42 Å². The number of benzene rings is 1. The molecule has 1 saturated carbocycles. The highest BCUT2D eigenvalue weighted by molar-refractivity contribution is 7.89. The van der Waals surface area contributed by atoms with E-state index in [9.17, 15) is 8.42 Å². The van der Waals surface area contributed by atoms with Gasteiger partial charge in [0.25, 0.3) is 0 Å². The lowest BCUT2D eigenvalue weighted by Gasteiger charge is -2.28. The lowest BCUT2D eigenvalue weighted by molar-refractivity contribution is 0.306. The molecule has 20 heavy (non-hydrogen) atoms. The summed E-state index contributed by atoms with van der Waals surface area (Å²) in [6.07, 6.45) is 5.10. The molecule has 0 atom stereocenters. The van der Waals surface area contributed by atoms with Gasteiger partial charge in [0.2, 0.25) is 10.0 Å². The van der Waals surface area contributed by atoms with Crippen LogP contribution in [0.3, 0.4) is 0 Å². The Balaban J connectivity index is 2.10. The fourth-order valence-corrected chi connectivity index (χ4v) is 4.54. The van der Waals surface area contributed by atoms with Gasteiger partial charge in [-0.25, -0.2) is 13.1 Å². The van der Waals surface area contributed by atoms with Gasteiger partial charge in [-0.15, -0.1) is 0 Å². The van der Waals surface area contributed by atoms with Crippen LogP contribution in [0.2, 0.25) is 5.02 Å². The van der Waals surface area contributed by atoms with E-state index >= 15 is 0 Å². The van der Waals surface area contributed by atoms with Crippen LogP contribution in [0.5, 0.6) is 0 Å². The summed E-state index contributed by atoms with van der Waals surface area (Å²) in [5.41, 5.74) is 6.04. The highest BCUT2D eigenvalue weighted by atomic mass is 35.5. The Hall–Kier alpha value is -0.780. The zero-order chi connectivity index (χ0) is 14.8. The fourth-order valence-electron chi connectivity index (χ4n) is 2.70. The maximum Gasteiger partial charge on any atom is 0.242 e. The van der Waals surface area contributed by atoms with E-state index in [2.05, 4.69) is 11.6 Å². The monoisotopic (exact) mass is 316 g/mol. The molecule has 112 valence electrons. The molecule has 0 bridgehead atoms. The molecule has 2 rings (SSSR count). The van der Waals surface area contributed by atoms with Crippen LogP contribution in [0, 0.1) is 5.92 Å². The molecule has 3 N–H and O–H groups in total. The van der Waals surface area contributed by atoms with Crippen molar-refractivity contribution in [1.29, 1.82) is 0 Å². The molecule has 0 amide bonds. The van der Waals surface area contributed by atoms with Crippen LogP contribution in [-0.4, -0.2) is 14.5 Å². The third-order valence-corrected chi connectivity index (χ3v) is 5.99. The molecule has 0 unspecified atom stereocenters. The van der Waals surface area contributed by atoms with E-state index in [0.717, 1.165) is 31.6 Å². The number of rotatable bonds is 4. The molecule has 1 aromatic rings. The molecule has 1 fully saturated rings. The second-order valence-electron chi connectivity index (χ2n) is 5.44. The van der Waals surface area contributed by atoms with Gasteiger partial charge < -0.3 is 5.73 Å². The largest absolute Gasteiger partial charge is 0.399 e. The average molecular weight is 317 g/mol. The number of hydrogen-bond donors (Lipinski definition) is 2. The summed E-state index contributed by atoms with van der Waals surface area (Å²) < 4.78 is 27.5. The van der Waals surface area contributed by atoms with E-state index in [4.69, 9.17) is 17.3 Å². The van der Waals surface area contributed by atoms with Crippen molar-refractivity contribution in [3.63, 3.8) is 0 Å². The highest BCUT2D eigenvalue weighted by Crippen LogP contribution is 2.29. The van der Waals surface area contributed by atoms with Gasteiger partial charge in [0, 0.05) is 11.7 Å². The van der Waals surface area contributed by atoms with Gasteiger partial charge in [0.05, 0.1) is 5.02 Å². The standard InChI is InChI=1S/C14H21ClN2O2S/c1-2-10-3-6-12(7-4-10)17-20(18,19)14-9-11(16)5-8-13(14)15/h5,8-10,12,17H,2-4,6-7,16H2,1H3. The number of nitrogen functional groups attached to an aromatic ring is 1. The SMILES string of the molecule is CCC1CCC(NS(=O)(=O)c2cc(N)ccc2Cl)CC1. The lowest BCUT2D eigenvalue weighted by Crippen LogP contribution is -2.37. The Morgan fingerprint density at radius 3 is 2.55 bits per heavy atom. The number of anilines is 1. The minimum absolute atomic E-state index is 0.000275. The summed E-state index contributed by atoms with van der Waals surface area (Å²) >= 11 is 5.97. The maximum atomic E-state index is 12.4. The minimum Gasteiger partial charge on any atom is -0.399 e. The first-order chi connectivity index (χ1) is 9.42. The second kappa shape index (κ2) is 6.33. The molecule has 0 aliphatic heterocycles. The summed E-state index contributed by atoms with van der Waals surface area (Å²) in [4.78, 5) is 0.0665. The fraction of sp³-hybridized carbons (Fsp3) is 0.571. The summed E-state index contributed by atoms with van der Waals surface area (Å²) in [5, 5.41) is 0.203. The molecule has 0 saturated heterocycles. The zero-order valence-corrected chi connectivity index (χ0v) is 13.2. The van der Waals surface area contributed by atoms with Crippen molar-refractivity contribution >= 4 is 27.3 Å². The number of hydrogen-bond acceptors (Lipinski definition) is 3. The molecule has 0 radical (unpaired) electrons. The Morgan fingerprint density at radius 1 is 1.30 bits per heavy atom. The first kappa shape index (κ1) is 15.6. The molecule has 0 spiro atoms. The van der Waals surface area contributed by atoms with Crippen molar-refractivity contribution in [3.8, 4) is 0 Å². The quantitative estimate of drug-likeness (QED) is 0.838. The van der Waals surface area contributed by atoms with Crippen molar-refractivity contribution in [2.75, 3.05) is 5.73 Å². The number of sulfonamides is 1. The molecular formula is C14H21ClN2O2S. The van der Waals surface area contributed by atoms with Crippen LogP contribution in [0.15, 0.2) is 23.1 Å². The smallest absolute Gasteiger partial charge is 0.242 e. The van der Waals surface area contributed by atoms with Crippen LogP contribution < -0.4 is 10.5 Å². The highest BCUT2D eigenvalue weighted by Gasteiger charge is 2.26. The average Bonchev–Trinajstić information content (AvgIpc) is 2.42. The number of nitrogens with two attached hydrogens (primary N) is 1. The van der Waals surface area contributed by atoms with Gasteiger partial charge in [-0.2, -0.15) is 0 Å². The summed E-state index contributed by atoms with van der Waals surface area (Å²) in [7, 11) is -3.60. The Kier molecular flexibility index (Phi) is 4.94. The molecule has 4 nitrogen and oxygen atoms in total. The number of nitrogens with one attached hydrogen (secondary N) is 1. The van der Waals surface area contributed by atoms with E-state index < -0.39 is 10.0 Å². The Bertz CT molecular complexity index is 567. The molecular weight excluding hydrogens is 296 g/mol. The molecule has 1 aliphatic carbocycles. The topological polar surface area (TPSA) is 72.2 Å². The van der Waals surface area contributed by atoms with Crippen molar-refractivity contribution in [2.24, 2.45) is 5.92 Å². The summed E-state index contributed by atoms with van der Waals surface area (Å²) in [6.45, 7) is 2.18. The van der Waals surface area contributed by atoms with E-state index in [1.54, 1.807) is 6.07 Å². The predicted octanol–water partition coefficient (Wildman–Crippen LogP) is 3.17. The van der Waals surface area contributed by atoms with Crippen molar-refractivity contribution in [1.82, 2.24) is 4.72 Å². The number of halogens is 1. The van der Waals surface area contributed by atoms with Gasteiger partial charge in [0.1, 0.15) is 4.90 Å². The van der Waals surface area contributed by atoms with Crippen LogP contribution in [0.4, 0.5) is 5.69 Å². The third-order valence-electron chi connectivity index (χ3n) is 3.99. The molecule has 0 aromatic heterocycles. The van der Waals surface area contributed by atoms with Crippen LogP contribution >= 0.6 is 11.6 Å². The van der Waals surface area contributed by atoms with E-state index in [1.165, 1.54) is 18.6 Å². The Labute approximate surface area is 125 Å². The second-order valence-corrected chi connectivity index (χ2v) is 7.53. The lowest BCUT2D eigenvalue weighted by atomic mass is 9.85. The zero-order valence-electron chi connectivity index (χ0n) is 11.6. The van der Waals surface area contributed by atoms with Gasteiger partial charge in [-0.3, -0.25) is 0 Å². The van der Waals surface area contributed by atoms with Crippen molar-refractivity contribution in [2.45, 2.75) is 50.0 Å². The van der Waals surface area contributed by atoms with E-state index in [-0.39, 0.29) is 16.0 Å². The molecule has 1 aliphatic rings. The van der Waals surface area contributed by atoms with Gasteiger partial charge in [-0.1, -0.05) is 24.9 Å². The minimum atomic E-state index is -3.60. The van der Waals surface area contributed by atoms with E-state index in [1.807, 2.05) is 0 Å². The first-order valence-corrected chi connectivity index (χ1v) is 8.86. The van der Waals surface area contributed by atoms with Gasteiger partial charge in [-0.05, 0) is 49.8 Å².